The van der Waals surface area contributed by atoms with Crippen molar-refractivity contribution in [1.82, 2.24) is 5.32 Å². The summed E-state index contributed by atoms with van der Waals surface area (Å²) in [5.74, 6) is -0.162. The van der Waals surface area contributed by atoms with Crippen molar-refractivity contribution >= 4 is 22.4 Å². The number of nitrogen functional groups attached to an aromatic ring is 1. The highest BCUT2D eigenvalue weighted by Crippen LogP contribution is 2.21. The van der Waals surface area contributed by atoms with Crippen molar-refractivity contribution in [3.05, 3.63) is 42.0 Å². The molecule has 0 aliphatic heterocycles. The molecule has 4 heteroatoms. The number of nitrogens with two attached hydrogens (primary N) is 1. The number of carbonyl (C=O) groups is 1. The summed E-state index contributed by atoms with van der Waals surface area (Å²) < 4.78 is 0. The fourth-order valence-electron chi connectivity index (χ4n) is 2.08. The third kappa shape index (κ3) is 3.27. The molecule has 0 saturated carbocycles. The number of hydrogen-bond donors (Lipinski definition) is 2. The van der Waals surface area contributed by atoms with E-state index in [1.54, 1.807) is 0 Å². The Hall–Kier alpha value is -2.54. The number of carbonyl (C=O) groups excluding carboxylic acids is 1. The summed E-state index contributed by atoms with van der Waals surface area (Å²) >= 11 is 0. The number of nitrogens with one attached hydrogen (secondary N) is 1. The van der Waals surface area contributed by atoms with Crippen LogP contribution in [0.3, 0.4) is 0 Å². The molecule has 0 heterocycles. The number of hydrogen-bond acceptors (Lipinski definition) is 3. The predicted octanol–water partition coefficient (Wildman–Crippen LogP) is 2.85. The van der Waals surface area contributed by atoms with Gasteiger partial charge in [0.15, 0.2) is 0 Å². The Morgan fingerprint density at radius 3 is 2.60 bits per heavy atom. The minimum absolute atomic E-state index is 0.162. The number of nitrogens with zero attached hydrogens (tertiary/aromatic N) is 1. The molecule has 0 aromatic heterocycles. The molecule has 0 radical (unpaired) electrons. The van der Waals surface area contributed by atoms with Gasteiger partial charge in [-0.25, -0.2) is 0 Å². The van der Waals surface area contributed by atoms with Crippen LogP contribution in [-0.2, 0) is 0 Å². The van der Waals surface area contributed by atoms with Crippen molar-refractivity contribution < 1.29 is 4.79 Å². The largest absolute Gasteiger partial charge is 0.398 e. The number of benzene rings is 2. The van der Waals surface area contributed by atoms with Crippen LogP contribution in [0.2, 0.25) is 0 Å². The predicted molar refractivity (Wildman–Crippen MR) is 80.2 cm³/mol. The van der Waals surface area contributed by atoms with Crippen molar-refractivity contribution in [2.24, 2.45) is 0 Å². The van der Waals surface area contributed by atoms with Gasteiger partial charge >= 0.3 is 0 Å². The zero-order chi connectivity index (χ0) is 14.4. The third-order valence-electron chi connectivity index (χ3n) is 3.16. The molecule has 20 heavy (non-hydrogen) atoms. The van der Waals surface area contributed by atoms with E-state index >= 15 is 0 Å². The fourth-order valence-corrected chi connectivity index (χ4v) is 2.08. The lowest BCUT2D eigenvalue weighted by Crippen LogP contribution is -2.25. The van der Waals surface area contributed by atoms with E-state index < -0.39 is 0 Å². The Kier molecular flexibility index (Phi) is 4.56. The number of nitriles is 1. The molecule has 0 unspecified atom stereocenters. The average Bonchev–Trinajstić information content (AvgIpc) is 2.46. The monoisotopic (exact) mass is 267 g/mol. The summed E-state index contributed by atoms with van der Waals surface area (Å²) in [6.45, 7) is 0.562. The Labute approximate surface area is 118 Å². The van der Waals surface area contributed by atoms with Gasteiger partial charge in [-0.1, -0.05) is 24.3 Å². The summed E-state index contributed by atoms with van der Waals surface area (Å²) in [6.07, 6.45) is 2.12. The normalized spacial score (nSPS) is 10.2. The summed E-state index contributed by atoms with van der Waals surface area (Å²) in [7, 11) is 0. The molecule has 0 aliphatic rings. The van der Waals surface area contributed by atoms with Crippen molar-refractivity contribution in [2.75, 3.05) is 12.3 Å². The SMILES string of the molecule is N#CCCCCNC(=O)c1cc2ccccc2cc1N. The van der Waals surface area contributed by atoms with E-state index in [0.717, 1.165) is 23.6 Å². The maximum Gasteiger partial charge on any atom is 0.253 e. The number of unbranched alkanes of at least 4 members (excludes halogenated alkanes) is 2. The quantitative estimate of drug-likeness (QED) is 0.645. The number of anilines is 1. The maximum atomic E-state index is 12.1. The van der Waals surface area contributed by atoms with Crippen LogP contribution in [0.15, 0.2) is 36.4 Å². The molecular formula is C16H17N3O. The average molecular weight is 267 g/mol. The molecule has 2 aromatic carbocycles. The first-order chi connectivity index (χ1) is 9.72. The maximum absolute atomic E-state index is 12.1. The first-order valence-electron chi connectivity index (χ1n) is 6.66. The number of fused-ring (bicyclic) bond motifs is 1. The van der Waals surface area contributed by atoms with Crippen LogP contribution in [0.25, 0.3) is 10.8 Å². The van der Waals surface area contributed by atoms with Gasteiger partial charge in [0.25, 0.3) is 5.91 Å². The summed E-state index contributed by atoms with van der Waals surface area (Å²) in [5.41, 5.74) is 6.92. The third-order valence-corrected chi connectivity index (χ3v) is 3.16. The summed E-state index contributed by atoms with van der Waals surface area (Å²) in [5, 5.41) is 13.3. The first-order valence-corrected chi connectivity index (χ1v) is 6.66. The van der Waals surface area contributed by atoms with Gasteiger partial charge in [-0.15, -0.1) is 0 Å². The standard InChI is InChI=1S/C16H17N3O/c17-8-4-1-5-9-19-16(20)14-10-12-6-2-3-7-13(12)11-15(14)18/h2-3,6-7,10-11H,1,4-5,9,18H2,(H,19,20). The van der Waals surface area contributed by atoms with Gasteiger partial charge in [0.05, 0.1) is 11.6 Å². The van der Waals surface area contributed by atoms with Crippen molar-refractivity contribution in [3.63, 3.8) is 0 Å². The van der Waals surface area contributed by atoms with Gasteiger partial charge in [-0.05, 0) is 35.7 Å². The van der Waals surface area contributed by atoms with Gasteiger partial charge < -0.3 is 11.1 Å². The molecule has 2 rings (SSSR count). The van der Waals surface area contributed by atoms with E-state index in [2.05, 4.69) is 11.4 Å². The van der Waals surface area contributed by atoms with Gasteiger partial charge in [0.2, 0.25) is 0 Å². The summed E-state index contributed by atoms with van der Waals surface area (Å²) in [6, 6.07) is 13.5. The Morgan fingerprint density at radius 2 is 1.90 bits per heavy atom. The second-order valence-electron chi connectivity index (χ2n) is 4.66. The molecule has 0 fully saturated rings. The number of amides is 1. The molecule has 102 valence electrons. The van der Waals surface area contributed by atoms with E-state index in [0.29, 0.717) is 24.2 Å². The van der Waals surface area contributed by atoms with E-state index in [4.69, 9.17) is 11.0 Å². The van der Waals surface area contributed by atoms with Crippen molar-refractivity contribution in [1.29, 1.82) is 5.26 Å². The molecule has 3 N–H and O–H groups in total. The molecule has 4 nitrogen and oxygen atoms in total. The van der Waals surface area contributed by atoms with Crippen molar-refractivity contribution in [2.45, 2.75) is 19.3 Å². The van der Waals surface area contributed by atoms with Crippen LogP contribution in [0.4, 0.5) is 5.69 Å². The molecule has 2 aromatic rings. The molecule has 0 aliphatic carbocycles. The highest BCUT2D eigenvalue weighted by Gasteiger charge is 2.10. The van der Waals surface area contributed by atoms with Crippen LogP contribution in [0.5, 0.6) is 0 Å². The molecule has 0 bridgehead atoms. The summed E-state index contributed by atoms with van der Waals surface area (Å²) in [4.78, 5) is 12.1. The van der Waals surface area contributed by atoms with E-state index in [1.807, 2.05) is 36.4 Å². The molecule has 0 spiro atoms. The molecule has 0 saturated heterocycles. The highest BCUT2D eigenvalue weighted by molar-refractivity contribution is 6.03. The van der Waals surface area contributed by atoms with Crippen molar-refractivity contribution in [3.8, 4) is 6.07 Å². The zero-order valence-electron chi connectivity index (χ0n) is 11.2. The second-order valence-corrected chi connectivity index (χ2v) is 4.66. The van der Waals surface area contributed by atoms with Crippen LogP contribution in [0.1, 0.15) is 29.6 Å². The molecule has 0 atom stereocenters. The minimum atomic E-state index is -0.162. The highest BCUT2D eigenvalue weighted by atomic mass is 16.1. The van der Waals surface area contributed by atoms with Gasteiger partial charge in [0.1, 0.15) is 0 Å². The lowest BCUT2D eigenvalue weighted by Gasteiger charge is -2.09. The minimum Gasteiger partial charge on any atom is -0.398 e. The zero-order valence-corrected chi connectivity index (χ0v) is 11.2. The smallest absolute Gasteiger partial charge is 0.253 e. The molecule has 1 amide bonds. The first kappa shape index (κ1) is 13.9. The van der Waals surface area contributed by atoms with Gasteiger partial charge in [-0.2, -0.15) is 5.26 Å². The van der Waals surface area contributed by atoms with Gasteiger partial charge in [0, 0.05) is 18.7 Å². The van der Waals surface area contributed by atoms with E-state index in [9.17, 15) is 4.79 Å². The number of rotatable bonds is 5. The molecular weight excluding hydrogens is 250 g/mol. The Morgan fingerprint density at radius 1 is 1.20 bits per heavy atom. The van der Waals surface area contributed by atoms with Gasteiger partial charge in [-0.3, -0.25) is 4.79 Å². The van der Waals surface area contributed by atoms with Crippen LogP contribution >= 0.6 is 0 Å². The van der Waals surface area contributed by atoms with Crippen LogP contribution in [0, 0.1) is 11.3 Å². The topological polar surface area (TPSA) is 78.9 Å². The van der Waals surface area contributed by atoms with E-state index in [-0.39, 0.29) is 5.91 Å². The van der Waals surface area contributed by atoms with Crippen LogP contribution in [-0.4, -0.2) is 12.5 Å². The lowest BCUT2D eigenvalue weighted by atomic mass is 10.0. The van der Waals surface area contributed by atoms with Crippen LogP contribution < -0.4 is 11.1 Å². The second kappa shape index (κ2) is 6.58. The van der Waals surface area contributed by atoms with E-state index in [1.165, 1.54) is 0 Å². The lowest BCUT2D eigenvalue weighted by molar-refractivity contribution is 0.0954. The Bertz CT molecular complexity index is 658. The Balaban J connectivity index is 2.06. The fraction of sp³-hybridized carbons (Fsp3) is 0.250.